The molecular formula is C14H21ClFNO. The summed E-state index contributed by atoms with van der Waals surface area (Å²) >= 11 is 6.04. The lowest BCUT2D eigenvalue weighted by molar-refractivity contribution is 0.00766. The average Bonchev–Trinajstić information content (AvgIpc) is 2.32. The lowest BCUT2D eigenvalue weighted by Crippen LogP contribution is -2.37. The minimum absolute atomic E-state index is 0.120. The maximum absolute atomic E-state index is 13.7. The number of rotatable bonds is 6. The van der Waals surface area contributed by atoms with Gasteiger partial charge in [0.15, 0.2) is 0 Å². The number of nitrogens with one attached hydrogen (secondary N) is 1. The lowest BCUT2D eigenvalue weighted by Gasteiger charge is -2.28. The second-order valence-corrected chi connectivity index (χ2v) is 5.47. The van der Waals surface area contributed by atoms with Crippen molar-refractivity contribution in [2.24, 2.45) is 0 Å². The van der Waals surface area contributed by atoms with Gasteiger partial charge in [-0.1, -0.05) is 17.7 Å². The lowest BCUT2D eigenvalue weighted by atomic mass is 9.94. The van der Waals surface area contributed by atoms with E-state index in [-0.39, 0.29) is 17.5 Å². The van der Waals surface area contributed by atoms with Crippen molar-refractivity contribution in [1.82, 2.24) is 5.32 Å². The Balaban J connectivity index is 2.80. The molecule has 0 bridgehead atoms. The van der Waals surface area contributed by atoms with Crippen LogP contribution in [0.4, 0.5) is 4.39 Å². The van der Waals surface area contributed by atoms with Crippen LogP contribution >= 0.6 is 11.6 Å². The number of benzene rings is 1. The molecule has 1 aromatic carbocycles. The van der Waals surface area contributed by atoms with Crippen molar-refractivity contribution < 1.29 is 9.13 Å². The molecule has 1 aromatic rings. The van der Waals surface area contributed by atoms with Gasteiger partial charge in [0.05, 0.1) is 5.60 Å². The van der Waals surface area contributed by atoms with Gasteiger partial charge in [0.25, 0.3) is 0 Å². The molecule has 1 atom stereocenters. The third kappa shape index (κ3) is 4.23. The van der Waals surface area contributed by atoms with Gasteiger partial charge >= 0.3 is 0 Å². The van der Waals surface area contributed by atoms with Gasteiger partial charge in [-0.25, -0.2) is 4.39 Å². The van der Waals surface area contributed by atoms with Crippen molar-refractivity contribution >= 4 is 11.6 Å². The van der Waals surface area contributed by atoms with E-state index in [0.29, 0.717) is 17.0 Å². The van der Waals surface area contributed by atoms with Crippen LogP contribution in [0.2, 0.25) is 5.02 Å². The fourth-order valence-corrected chi connectivity index (χ4v) is 2.17. The Labute approximate surface area is 113 Å². The van der Waals surface area contributed by atoms with Gasteiger partial charge in [-0.15, -0.1) is 0 Å². The van der Waals surface area contributed by atoms with Crippen LogP contribution < -0.4 is 5.32 Å². The van der Waals surface area contributed by atoms with Crippen LogP contribution in [0.1, 0.15) is 25.8 Å². The first kappa shape index (κ1) is 15.4. The average molecular weight is 274 g/mol. The number of hydrogen-bond donors (Lipinski definition) is 1. The van der Waals surface area contributed by atoms with Crippen LogP contribution in [0, 0.1) is 5.82 Å². The fourth-order valence-electron chi connectivity index (χ4n) is 1.93. The van der Waals surface area contributed by atoms with Gasteiger partial charge in [-0.05, 0) is 45.9 Å². The molecule has 102 valence electrons. The van der Waals surface area contributed by atoms with Crippen molar-refractivity contribution in [2.45, 2.75) is 38.3 Å². The first-order chi connectivity index (χ1) is 8.39. The highest BCUT2D eigenvalue weighted by atomic mass is 35.5. The Morgan fingerprint density at radius 2 is 2.11 bits per heavy atom. The summed E-state index contributed by atoms with van der Waals surface area (Å²) in [5, 5.41) is 3.67. The summed E-state index contributed by atoms with van der Waals surface area (Å²) in [4.78, 5) is 0. The summed E-state index contributed by atoms with van der Waals surface area (Å²) in [5.74, 6) is -0.252. The van der Waals surface area contributed by atoms with Crippen molar-refractivity contribution in [3.63, 3.8) is 0 Å². The summed E-state index contributed by atoms with van der Waals surface area (Å²) in [6.07, 6.45) is 1.33. The number of halogens is 2. The first-order valence-corrected chi connectivity index (χ1v) is 6.42. The largest absolute Gasteiger partial charge is 0.379 e. The van der Waals surface area contributed by atoms with E-state index < -0.39 is 0 Å². The second kappa shape index (κ2) is 6.50. The van der Waals surface area contributed by atoms with Crippen LogP contribution in [0.3, 0.4) is 0 Å². The number of hydrogen-bond acceptors (Lipinski definition) is 2. The van der Waals surface area contributed by atoms with Crippen LogP contribution in [0.25, 0.3) is 0 Å². The Morgan fingerprint density at radius 3 is 2.61 bits per heavy atom. The molecule has 0 radical (unpaired) electrons. The predicted octanol–water partition coefficient (Wildman–Crippen LogP) is 3.42. The molecule has 2 nitrogen and oxygen atoms in total. The molecule has 1 rings (SSSR count). The van der Waals surface area contributed by atoms with Crippen LogP contribution in [0.5, 0.6) is 0 Å². The smallest absolute Gasteiger partial charge is 0.127 e. The molecule has 1 unspecified atom stereocenters. The standard InChI is InChI=1S/C14H21ClFNO/c1-14(2,18-4)9-10(17-3)8-11-12(15)6-5-7-13(11)16/h5-7,10,17H,8-9H2,1-4H3. The van der Waals surface area contributed by atoms with E-state index in [2.05, 4.69) is 5.32 Å². The molecule has 0 spiro atoms. The monoisotopic (exact) mass is 273 g/mol. The highest BCUT2D eigenvalue weighted by Gasteiger charge is 2.23. The maximum Gasteiger partial charge on any atom is 0.127 e. The summed E-state index contributed by atoms with van der Waals surface area (Å²) < 4.78 is 19.1. The molecule has 0 aliphatic carbocycles. The number of methoxy groups -OCH3 is 1. The third-order valence-electron chi connectivity index (χ3n) is 3.21. The van der Waals surface area contributed by atoms with E-state index in [9.17, 15) is 4.39 Å². The van der Waals surface area contributed by atoms with E-state index in [4.69, 9.17) is 16.3 Å². The van der Waals surface area contributed by atoms with Gasteiger partial charge in [0.2, 0.25) is 0 Å². The summed E-state index contributed by atoms with van der Waals surface area (Å²) in [6.45, 7) is 4.03. The number of ether oxygens (including phenoxy) is 1. The van der Waals surface area contributed by atoms with E-state index in [0.717, 1.165) is 6.42 Å². The molecule has 0 saturated heterocycles. The minimum atomic E-state index is -0.252. The molecule has 1 N–H and O–H groups in total. The predicted molar refractivity (Wildman–Crippen MR) is 73.7 cm³/mol. The van der Waals surface area contributed by atoms with E-state index >= 15 is 0 Å². The van der Waals surface area contributed by atoms with Crippen molar-refractivity contribution in [3.8, 4) is 0 Å². The normalized spacial score (nSPS) is 13.7. The molecule has 0 fully saturated rings. The van der Waals surface area contributed by atoms with Crippen LogP contribution in [0.15, 0.2) is 18.2 Å². The van der Waals surface area contributed by atoms with Gasteiger partial charge < -0.3 is 10.1 Å². The van der Waals surface area contributed by atoms with Crippen molar-refractivity contribution in [1.29, 1.82) is 0 Å². The van der Waals surface area contributed by atoms with Gasteiger partial charge in [-0.2, -0.15) is 0 Å². The van der Waals surface area contributed by atoms with Crippen molar-refractivity contribution in [3.05, 3.63) is 34.6 Å². The SMILES string of the molecule is CNC(Cc1c(F)cccc1Cl)CC(C)(C)OC. The maximum atomic E-state index is 13.7. The molecule has 0 aliphatic rings. The topological polar surface area (TPSA) is 21.3 Å². The quantitative estimate of drug-likeness (QED) is 0.857. The van der Waals surface area contributed by atoms with Gasteiger partial charge in [0, 0.05) is 23.7 Å². The van der Waals surface area contributed by atoms with Crippen LogP contribution in [-0.4, -0.2) is 25.8 Å². The molecule has 4 heteroatoms. The Morgan fingerprint density at radius 1 is 1.44 bits per heavy atom. The molecule has 0 aromatic heterocycles. The minimum Gasteiger partial charge on any atom is -0.379 e. The Bertz CT molecular complexity index is 375. The molecule has 0 heterocycles. The second-order valence-electron chi connectivity index (χ2n) is 5.06. The van der Waals surface area contributed by atoms with E-state index in [1.165, 1.54) is 6.07 Å². The number of likely N-dealkylation sites (N-methyl/N-ethyl adjacent to an activating group) is 1. The summed E-state index contributed by atoms with van der Waals surface area (Å²) in [5.41, 5.74) is 0.316. The Kier molecular flexibility index (Phi) is 5.57. The highest BCUT2D eigenvalue weighted by molar-refractivity contribution is 6.31. The zero-order valence-corrected chi connectivity index (χ0v) is 12.1. The zero-order chi connectivity index (χ0) is 13.8. The third-order valence-corrected chi connectivity index (χ3v) is 3.57. The van der Waals surface area contributed by atoms with E-state index in [1.54, 1.807) is 19.2 Å². The Hall–Kier alpha value is -0.640. The molecule has 0 aliphatic heterocycles. The molecule has 0 saturated carbocycles. The summed E-state index contributed by atoms with van der Waals surface area (Å²) in [6, 6.07) is 4.90. The van der Waals surface area contributed by atoms with Crippen LogP contribution in [-0.2, 0) is 11.2 Å². The fraction of sp³-hybridized carbons (Fsp3) is 0.571. The highest BCUT2D eigenvalue weighted by Crippen LogP contribution is 2.24. The first-order valence-electron chi connectivity index (χ1n) is 6.05. The van der Waals surface area contributed by atoms with Crippen molar-refractivity contribution in [2.75, 3.05) is 14.2 Å². The van der Waals surface area contributed by atoms with E-state index in [1.807, 2.05) is 20.9 Å². The summed E-state index contributed by atoms with van der Waals surface area (Å²) in [7, 11) is 3.55. The van der Waals surface area contributed by atoms with Gasteiger partial charge in [-0.3, -0.25) is 0 Å². The van der Waals surface area contributed by atoms with Gasteiger partial charge in [0.1, 0.15) is 5.82 Å². The zero-order valence-electron chi connectivity index (χ0n) is 11.4. The molecule has 0 amide bonds. The molecular weight excluding hydrogens is 253 g/mol. The molecule has 18 heavy (non-hydrogen) atoms.